The van der Waals surface area contributed by atoms with E-state index in [-0.39, 0.29) is 11.6 Å². The Balaban J connectivity index is 1.75. The molecule has 1 aliphatic carbocycles. The predicted octanol–water partition coefficient (Wildman–Crippen LogP) is 3.87. The Hall–Kier alpha value is -2.43. The summed E-state index contributed by atoms with van der Waals surface area (Å²) in [6.45, 7) is 0. The second kappa shape index (κ2) is 6.59. The maximum Gasteiger partial charge on any atom is 0.264 e. The van der Waals surface area contributed by atoms with Gasteiger partial charge in [0.05, 0.1) is 11.9 Å². The summed E-state index contributed by atoms with van der Waals surface area (Å²) in [7, 11) is 0. The van der Waals surface area contributed by atoms with Crippen molar-refractivity contribution in [3.8, 4) is 5.69 Å². The minimum absolute atomic E-state index is 0.0350. The van der Waals surface area contributed by atoms with Crippen LogP contribution in [0.15, 0.2) is 47.7 Å². The molecule has 0 aliphatic heterocycles. The molecule has 1 aliphatic rings. The van der Waals surface area contributed by atoms with E-state index in [2.05, 4.69) is 10.1 Å². The van der Waals surface area contributed by atoms with Crippen LogP contribution in [0.3, 0.4) is 0 Å². The third kappa shape index (κ3) is 2.75. The third-order valence-electron chi connectivity index (χ3n) is 4.98. The molecule has 0 N–H and O–H groups in total. The smallest absolute Gasteiger partial charge is 0.264 e. The molecule has 0 unspecified atom stereocenters. The number of para-hydroxylation sites is 1. The third-order valence-corrected chi connectivity index (χ3v) is 4.98. The highest BCUT2D eigenvalue weighted by atomic mass is 16.1. The molecular formula is C19H22N4O. The number of rotatable bonds is 2. The van der Waals surface area contributed by atoms with E-state index in [1.165, 1.54) is 32.1 Å². The predicted molar refractivity (Wildman–Crippen MR) is 94.5 cm³/mol. The zero-order valence-corrected chi connectivity index (χ0v) is 13.8. The van der Waals surface area contributed by atoms with Gasteiger partial charge in [0.25, 0.3) is 5.56 Å². The normalized spacial score (nSPS) is 16.8. The molecule has 0 atom stereocenters. The lowest BCUT2D eigenvalue weighted by Gasteiger charge is -2.21. The van der Waals surface area contributed by atoms with Crippen LogP contribution in [0.5, 0.6) is 0 Å². The first-order valence-electron chi connectivity index (χ1n) is 8.85. The highest BCUT2D eigenvalue weighted by Crippen LogP contribution is 2.25. The Kier molecular flexibility index (Phi) is 4.15. The highest BCUT2D eigenvalue weighted by molar-refractivity contribution is 5.74. The van der Waals surface area contributed by atoms with Crippen molar-refractivity contribution in [2.24, 2.45) is 0 Å². The van der Waals surface area contributed by atoms with Crippen LogP contribution in [-0.2, 0) is 0 Å². The van der Waals surface area contributed by atoms with Gasteiger partial charge in [-0.15, -0.1) is 0 Å². The fraction of sp³-hybridized carbons (Fsp3) is 0.421. The van der Waals surface area contributed by atoms with Crippen LogP contribution in [0.25, 0.3) is 16.7 Å². The van der Waals surface area contributed by atoms with Gasteiger partial charge in [0.2, 0.25) is 0 Å². The standard InChI is InChI=1S/C19H22N4O/c24-19-17-13-21-23(16-11-7-4-8-12-16)18(17)20-14-22(19)15-9-5-2-1-3-6-10-15/h4,7-8,11-15H,1-3,5-6,9-10H2. The molecule has 4 rings (SSSR count). The Morgan fingerprint density at radius 3 is 2.42 bits per heavy atom. The number of hydrogen-bond acceptors (Lipinski definition) is 3. The molecule has 1 aromatic carbocycles. The van der Waals surface area contributed by atoms with Crippen LogP contribution >= 0.6 is 0 Å². The SMILES string of the molecule is O=c1c2cnn(-c3ccccc3)c2ncn1C1CCCCCCC1. The number of nitrogens with zero attached hydrogens (tertiary/aromatic N) is 4. The van der Waals surface area contributed by atoms with Gasteiger partial charge in [0.15, 0.2) is 5.65 Å². The first-order chi connectivity index (χ1) is 11.8. The molecule has 3 aromatic rings. The summed E-state index contributed by atoms with van der Waals surface area (Å²) in [6, 6.07) is 10.1. The summed E-state index contributed by atoms with van der Waals surface area (Å²) >= 11 is 0. The molecule has 5 heteroatoms. The van der Waals surface area contributed by atoms with Crippen LogP contribution in [0.2, 0.25) is 0 Å². The van der Waals surface area contributed by atoms with Gasteiger partial charge in [-0.05, 0) is 25.0 Å². The number of aromatic nitrogens is 4. The van der Waals surface area contributed by atoms with Gasteiger partial charge in [0.1, 0.15) is 11.7 Å². The summed E-state index contributed by atoms with van der Waals surface area (Å²) in [5, 5.41) is 4.99. The van der Waals surface area contributed by atoms with E-state index in [0.717, 1.165) is 18.5 Å². The Morgan fingerprint density at radius 1 is 0.958 bits per heavy atom. The summed E-state index contributed by atoms with van der Waals surface area (Å²) in [5.74, 6) is 0. The average molecular weight is 322 g/mol. The van der Waals surface area contributed by atoms with E-state index in [9.17, 15) is 4.79 Å². The maximum atomic E-state index is 12.9. The second-order valence-electron chi connectivity index (χ2n) is 6.59. The van der Waals surface area contributed by atoms with Crippen molar-refractivity contribution in [2.75, 3.05) is 0 Å². The van der Waals surface area contributed by atoms with E-state index in [1.54, 1.807) is 17.2 Å². The first-order valence-corrected chi connectivity index (χ1v) is 8.85. The van der Waals surface area contributed by atoms with Gasteiger partial charge < -0.3 is 0 Å². The van der Waals surface area contributed by atoms with E-state index < -0.39 is 0 Å². The second-order valence-corrected chi connectivity index (χ2v) is 6.59. The van der Waals surface area contributed by atoms with Crippen LogP contribution in [-0.4, -0.2) is 19.3 Å². The van der Waals surface area contributed by atoms with Crippen molar-refractivity contribution >= 4 is 11.0 Å². The lowest BCUT2D eigenvalue weighted by atomic mass is 9.96. The lowest BCUT2D eigenvalue weighted by molar-refractivity contribution is 0.363. The maximum absolute atomic E-state index is 12.9. The molecule has 2 heterocycles. The van der Waals surface area contributed by atoms with E-state index in [0.29, 0.717) is 11.0 Å². The van der Waals surface area contributed by atoms with Gasteiger partial charge in [-0.1, -0.05) is 50.3 Å². The van der Waals surface area contributed by atoms with Crippen LogP contribution in [0, 0.1) is 0 Å². The minimum atomic E-state index is 0.0350. The highest BCUT2D eigenvalue weighted by Gasteiger charge is 2.18. The summed E-state index contributed by atoms with van der Waals surface area (Å²) in [6.07, 6.45) is 11.8. The molecule has 0 amide bonds. The molecule has 0 bridgehead atoms. The molecule has 0 spiro atoms. The molecular weight excluding hydrogens is 300 g/mol. The van der Waals surface area contributed by atoms with Crippen molar-refractivity contribution in [1.82, 2.24) is 19.3 Å². The van der Waals surface area contributed by atoms with Crippen molar-refractivity contribution in [3.63, 3.8) is 0 Å². The van der Waals surface area contributed by atoms with Crippen molar-refractivity contribution in [1.29, 1.82) is 0 Å². The minimum Gasteiger partial charge on any atom is -0.295 e. The van der Waals surface area contributed by atoms with Crippen molar-refractivity contribution in [3.05, 3.63) is 53.2 Å². The number of benzene rings is 1. The van der Waals surface area contributed by atoms with E-state index >= 15 is 0 Å². The number of hydrogen-bond donors (Lipinski definition) is 0. The summed E-state index contributed by atoms with van der Waals surface area (Å²) < 4.78 is 3.57. The van der Waals surface area contributed by atoms with E-state index in [1.807, 2.05) is 34.9 Å². The molecule has 1 fully saturated rings. The zero-order chi connectivity index (χ0) is 16.4. The van der Waals surface area contributed by atoms with Crippen LogP contribution in [0.1, 0.15) is 51.0 Å². The topological polar surface area (TPSA) is 52.7 Å². The first kappa shape index (κ1) is 15.1. The Labute approximate surface area is 141 Å². The van der Waals surface area contributed by atoms with Gasteiger partial charge in [-0.3, -0.25) is 9.36 Å². The molecule has 124 valence electrons. The molecule has 2 aromatic heterocycles. The monoisotopic (exact) mass is 322 g/mol. The van der Waals surface area contributed by atoms with Crippen LogP contribution in [0.4, 0.5) is 0 Å². The molecule has 5 nitrogen and oxygen atoms in total. The average Bonchev–Trinajstić information content (AvgIpc) is 3.01. The summed E-state index contributed by atoms with van der Waals surface area (Å²) in [5.41, 5.74) is 1.59. The Morgan fingerprint density at radius 2 is 1.67 bits per heavy atom. The van der Waals surface area contributed by atoms with Crippen LogP contribution < -0.4 is 5.56 Å². The zero-order valence-electron chi connectivity index (χ0n) is 13.8. The largest absolute Gasteiger partial charge is 0.295 e. The Bertz CT molecular complexity index is 873. The fourth-order valence-electron chi connectivity index (χ4n) is 3.66. The lowest BCUT2D eigenvalue weighted by Crippen LogP contribution is -2.25. The van der Waals surface area contributed by atoms with Crippen molar-refractivity contribution < 1.29 is 0 Å². The van der Waals surface area contributed by atoms with Gasteiger partial charge >= 0.3 is 0 Å². The van der Waals surface area contributed by atoms with Gasteiger partial charge in [-0.25, -0.2) is 9.67 Å². The van der Waals surface area contributed by atoms with Crippen molar-refractivity contribution in [2.45, 2.75) is 51.0 Å². The molecule has 1 saturated carbocycles. The summed E-state index contributed by atoms with van der Waals surface area (Å²) in [4.78, 5) is 17.5. The molecule has 0 radical (unpaired) electrons. The van der Waals surface area contributed by atoms with Gasteiger partial charge in [-0.2, -0.15) is 5.10 Å². The quantitative estimate of drug-likeness (QED) is 0.720. The molecule has 24 heavy (non-hydrogen) atoms. The fourth-order valence-corrected chi connectivity index (χ4v) is 3.66. The number of fused-ring (bicyclic) bond motifs is 1. The van der Waals surface area contributed by atoms with E-state index in [4.69, 9.17) is 0 Å². The molecule has 0 saturated heterocycles. The van der Waals surface area contributed by atoms with Gasteiger partial charge in [0, 0.05) is 6.04 Å².